The number of hydrogen-bond acceptors (Lipinski definition) is 3. The average molecular weight is 509 g/mol. The lowest BCUT2D eigenvalue weighted by molar-refractivity contribution is 0.330. The van der Waals surface area contributed by atoms with Crippen LogP contribution in [-0.2, 0) is 16.2 Å². The molecule has 0 bridgehead atoms. The summed E-state index contributed by atoms with van der Waals surface area (Å²) in [7, 11) is 0. The van der Waals surface area contributed by atoms with E-state index >= 15 is 0 Å². The van der Waals surface area contributed by atoms with Crippen molar-refractivity contribution in [1.29, 1.82) is 0 Å². The largest absolute Gasteiger partial charge is 0.458 e. The maximum absolute atomic E-state index is 9.00. The Bertz CT molecular complexity index is 1740. The van der Waals surface area contributed by atoms with E-state index in [1.807, 2.05) is 6.92 Å². The van der Waals surface area contributed by atoms with Crippen LogP contribution >= 0.6 is 11.3 Å². The molecule has 0 unspecified atom stereocenters. The molecule has 0 radical (unpaired) electrons. The number of rotatable bonds is 0. The van der Waals surface area contributed by atoms with Gasteiger partial charge < -0.3 is 9.47 Å². The SMILES string of the molecule is [2H]c1c(C)c([2H])c2c3c1Oc1cc4c(cc1B3c1sc3ccc(C(C)(C)C)cc3c1O2)C(C)(C)CCC4(C)C. The second-order valence-corrected chi connectivity index (χ2v) is 14.6. The maximum atomic E-state index is 9.00. The first kappa shape index (κ1) is 21.2. The highest BCUT2D eigenvalue weighted by molar-refractivity contribution is 7.33. The van der Waals surface area contributed by atoms with E-state index in [-0.39, 0.29) is 35.0 Å². The predicted molar refractivity (Wildman–Crippen MR) is 158 cm³/mol. The van der Waals surface area contributed by atoms with E-state index in [1.54, 1.807) is 11.3 Å². The second-order valence-electron chi connectivity index (χ2n) is 13.5. The fraction of sp³-hybridized carbons (Fsp3) is 0.394. The first-order valence-corrected chi connectivity index (χ1v) is 14.3. The fourth-order valence-corrected chi connectivity index (χ4v) is 7.69. The van der Waals surface area contributed by atoms with E-state index in [0.29, 0.717) is 17.1 Å². The molecule has 1 aliphatic carbocycles. The Morgan fingerprint density at radius 2 is 1.54 bits per heavy atom. The van der Waals surface area contributed by atoms with Gasteiger partial charge in [-0.15, -0.1) is 11.3 Å². The number of fused-ring (bicyclic) bond motifs is 7. The quantitative estimate of drug-likeness (QED) is 0.197. The zero-order valence-electron chi connectivity index (χ0n) is 25.1. The topological polar surface area (TPSA) is 18.5 Å². The van der Waals surface area contributed by atoms with E-state index in [9.17, 15) is 0 Å². The van der Waals surface area contributed by atoms with E-state index in [2.05, 4.69) is 78.8 Å². The summed E-state index contributed by atoms with van der Waals surface area (Å²) in [4.78, 5) is 0. The summed E-state index contributed by atoms with van der Waals surface area (Å²) < 4.78 is 33.6. The molecule has 0 N–H and O–H groups in total. The zero-order chi connectivity index (χ0) is 27.8. The van der Waals surface area contributed by atoms with Gasteiger partial charge in [0.1, 0.15) is 23.0 Å². The monoisotopic (exact) mass is 508 g/mol. The van der Waals surface area contributed by atoms with Crippen molar-refractivity contribution < 1.29 is 12.2 Å². The maximum Gasteiger partial charge on any atom is 0.273 e. The standard InChI is InChI=1S/C33H35BO2S/c1-18-13-25-28-26(14-18)36-29-20-15-19(31(2,3)4)9-10-27(20)37-30(29)34(28)23-16-21-22(17-24(23)35-25)33(7,8)12-11-32(21,5)6/h9-10,13-17H,11-12H2,1-8H3/i13D,14D. The van der Waals surface area contributed by atoms with Crippen molar-refractivity contribution in [3.63, 3.8) is 0 Å². The Labute approximate surface area is 227 Å². The summed E-state index contributed by atoms with van der Waals surface area (Å²) in [5.74, 6) is 2.79. The normalized spacial score (nSPS) is 19.1. The molecule has 1 aromatic heterocycles. The summed E-state index contributed by atoms with van der Waals surface area (Å²) in [5.41, 5.74) is 6.69. The van der Waals surface area contributed by atoms with Gasteiger partial charge in [-0.25, -0.2) is 0 Å². The Morgan fingerprint density at radius 1 is 0.892 bits per heavy atom. The van der Waals surface area contributed by atoms with Crippen molar-refractivity contribution in [3.8, 4) is 23.0 Å². The summed E-state index contributed by atoms with van der Waals surface area (Å²) in [6.07, 6.45) is 2.27. The van der Waals surface area contributed by atoms with Gasteiger partial charge in [0, 0.05) is 20.3 Å². The molecule has 3 aliphatic rings. The second kappa shape index (κ2) is 7.23. The van der Waals surface area contributed by atoms with E-state index in [0.717, 1.165) is 45.4 Å². The van der Waals surface area contributed by atoms with Crippen LogP contribution in [-0.4, -0.2) is 6.71 Å². The van der Waals surface area contributed by atoms with Crippen LogP contribution in [0, 0.1) is 6.92 Å². The molecule has 0 amide bonds. The molecule has 0 spiro atoms. The van der Waals surface area contributed by atoms with Gasteiger partial charge in [-0.3, -0.25) is 0 Å². The van der Waals surface area contributed by atoms with Crippen molar-refractivity contribution >= 4 is 43.8 Å². The number of hydrogen-bond donors (Lipinski definition) is 0. The van der Waals surface area contributed by atoms with Crippen LogP contribution in [0.2, 0.25) is 0 Å². The molecule has 2 aliphatic heterocycles. The summed E-state index contributed by atoms with van der Waals surface area (Å²) in [6, 6.07) is 11.9. The van der Waals surface area contributed by atoms with Crippen LogP contribution in [0.25, 0.3) is 10.1 Å². The number of ether oxygens (including phenoxy) is 2. The predicted octanol–water partition coefficient (Wildman–Crippen LogP) is 7.58. The third-order valence-electron chi connectivity index (χ3n) is 8.89. The lowest BCUT2D eigenvalue weighted by atomic mass is 9.37. The van der Waals surface area contributed by atoms with Crippen LogP contribution in [0.15, 0.2) is 42.4 Å². The first-order valence-electron chi connectivity index (χ1n) is 14.4. The van der Waals surface area contributed by atoms with Gasteiger partial charge in [0.15, 0.2) is 0 Å². The van der Waals surface area contributed by atoms with Gasteiger partial charge in [-0.05, 0) is 94.0 Å². The lowest BCUT2D eigenvalue weighted by Gasteiger charge is -2.43. The third-order valence-corrected chi connectivity index (χ3v) is 10.1. The Hall–Kier alpha value is -2.72. The van der Waals surface area contributed by atoms with Crippen LogP contribution < -0.4 is 25.2 Å². The van der Waals surface area contributed by atoms with Gasteiger partial charge in [-0.2, -0.15) is 0 Å². The molecule has 4 heteroatoms. The fourth-order valence-electron chi connectivity index (χ4n) is 6.45. The number of benzene rings is 3. The highest BCUT2D eigenvalue weighted by Crippen LogP contribution is 2.48. The highest BCUT2D eigenvalue weighted by Gasteiger charge is 2.45. The van der Waals surface area contributed by atoms with E-state index < -0.39 is 0 Å². The molecule has 3 heterocycles. The van der Waals surface area contributed by atoms with Crippen molar-refractivity contribution in [1.82, 2.24) is 0 Å². The molecule has 37 heavy (non-hydrogen) atoms. The van der Waals surface area contributed by atoms with Gasteiger partial charge in [-0.1, -0.05) is 60.6 Å². The van der Waals surface area contributed by atoms with Crippen molar-refractivity contribution in [2.24, 2.45) is 0 Å². The van der Waals surface area contributed by atoms with Crippen molar-refractivity contribution in [2.45, 2.75) is 84.5 Å². The van der Waals surface area contributed by atoms with Crippen LogP contribution in [0.3, 0.4) is 0 Å². The van der Waals surface area contributed by atoms with Gasteiger partial charge in [0.05, 0.1) is 2.74 Å². The van der Waals surface area contributed by atoms with Gasteiger partial charge in [0.2, 0.25) is 0 Å². The van der Waals surface area contributed by atoms with Crippen LogP contribution in [0.4, 0.5) is 0 Å². The van der Waals surface area contributed by atoms with Crippen molar-refractivity contribution in [2.75, 3.05) is 0 Å². The molecule has 0 saturated carbocycles. The Kier molecular flexibility index (Phi) is 4.15. The van der Waals surface area contributed by atoms with Crippen LogP contribution in [0.5, 0.6) is 23.0 Å². The molecular formula is C33H35BO2S. The Balaban J connectivity index is 1.57. The van der Waals surface area contributed by atoms with Gasteiger partial charge >= 0.3 is 0 Å². The third kappa shape index (κ3) is 3.30. The molecule has 0 saturated heterocycles. The average Bonchev–Trinajstić information content (AvgIpc) is 3.24. The van der Waals surface area contributed by atoms with Crippen LogP contribution in [0.1, 0.15) is 86.3 Å². The molecule has 3 aromatic carbocycles. The molecular weight excluding hydrogens is 471 g/mol. The number of thiophene rings is 1. The molecule has 188 valence electrons. The smallest absolute Gasteiger partial charge is 0.273 e. The zero-order valence-corrected chi connectivity index (χ0v) is 23.9. The highest BCUT2D eigenvalue weighted by atomic mass is 32.1. The molecule has 2 nitrogen and oxygen atoms in total. The van der Waals surface area contributed by atoms with E-state index in [1.165, 1.54) is 21.4 Å². The molecule has 4 aromatic rings. The summed E-state index contributed by atoms with van der Waals surface area (Å²) in [5, 5.41) is 1.11. The minimum Gasteiger partial charge on any atom is -0.458 e. The Morgan fingerprint density at radius 3 is 2.22 bits per heavy atom. The summed E-state index contributed by atoms with van der Waals surface area (Å²) in [6.45, 7) is 17.8. The summed E-state index contributed by atoms with van der Waals surface area (Å²) >= 11 is 1.77. The minimum absolute atomic E-state index is 0.0166. The minimum atomic E-state index is -0.127. The molecule has 7 rings (SSSR count). The first-order chi connectivity index (χ1) is 18.2. The van der Waals surface area contributed by atoms with Crippen molar-refractivity contribution in [3.05, 3.63) is 64.7 Å². The van der Waals surface area contributed by atoms with E-state index in [4.69, 9.17) is 12.2 Å². The molecule has 0 fully saturated rings. The lowest BCUT2D eigenvalue weighted by Crippen LogP contribution is -2.57. The molecule has 0 atom stereocenters. The van der Waals surface area contributed by atoms with Gasteiger partial charge in [0.25, 0.3) is 6.71 Å².